The molecule has 0 saturated carbocycles. The third-order valence-corrected chi connectivity index (χ3v) is 3.04. The highest BCUT2D eigenvalue weighted by atomic mass is 16.3. The van der Waals surface area contributed by atoms with Crippen molar-refractivity contribution in [2.24, 2.45) is 5.92 Å². The van der Waals surface area contributed by atoms with Crippen molar-refractivity contribution in [3.05, 3.63) is 30.1 Å². The number of aliphatic hydroxyl groups is 1. The molecule has 3 atom stereocenters. The number of aromatic nitrogens is 1. The number of amides is 1. The quantitative estimate of drug-likeness (QED) is 0.662. The summed E-state index contributed by atoms with van der Waals surface area (Å²) < 4.78 is 0. The summed E-state index contributed by atoms with van der Waals surface area (Å²) in [5, 5.41) is 15.9. The fourth-order valence-electron chi connectivity index (χ4n) is 1.98. The molecule has 3 unspecified atom stereocenters. The monoisotopic (exact) mass is 235 g/mol. The van der Waals surface area contributed by atoms with Gasteiger partial charge in [-0.05, 0) is 18.1 Å². The second-order valence-corrected chi connectivity index (χ2v) is 4.42. The van der Waals surface area contributed by atoms with E-state index in [-0.39, 0.29) is 17.9 Å². The first kappa shape index (κ1) is 12.0. The summed E-state index contributed by atoms with van der Waals surface area (Å²) >= 11 is 0. The molecule has 1 fully saturated rings. The van der Waals surface area contributed by atoms with Crippen LogP contribution in [-0.2, 0) is 0 Å². The van der Waals surface area contributed by atoms with Gasteiger partial charge < -0.3 is 15.7 Å². The van der Waals surface area contributed by atoms with E-state index in [1.54, 1.807) is 24.4 Å². The lowest BCUT2D eigenvalue weighted by Gasteiger charge is -2.33. The molecule has 3 N–H and O–H groups in total. The maximum absolute atomic E-state index is 11.9. The van der Waals surface area contributed by atoms with Crippen molar-refractivity contribution >= 4 is 5.91 Å². The van der Waals surface area contributed by atoms with Crippen LogP contribution >= 0.6 is 0 Å². The Bertz CT molecular complexity index is 383. The number of piperidine rings is 1. The molecule has 1 aliphatic heterocycles. The molecule has 0 aliphatic carbocycles. The van der Waals surface area contributed by atoms with Crippen molar-refractivity contribution in [3.8, 4) is 0 Å². The van der Waals surface area contributed by atoms with E-state index in [1.807, 2.05) is 6.92 Å². The Morgan fingerprint density at radius 1 is 1.53 bits per heavy atom. The molecule has 1 aromatic heterocycles. The molecule has 1 aliphatic rings. The van der Waals surface area contributed by atoms with Gasteiger partial charge in [-0.15, -0.1) is 0 Å². The molecule has 1 aromatic rings. The zero-order valence-electron chi connectivity index (χ0n) is 9.76. The van der Waals surface area contributed by atoms with Crippen molar-refractivity contribution in [3.63, 3.8) is 0 Å². The highest BCUT2D eigenvalue weighted by Crippen LogP contribution is 2.11. The number of aliphatic hydroxyl groups excluding tert-OH is 1. The summed E-state index contributed by atoms with van der Waals surface area (Å²) in [4.78, 5) is 15.8. The Morgan fingerprint density at radius 2 is 2.35 bits per heavy atom. The van der Waals surface area contributed by atoms with Crippen molar-refractivity contribution in [2.75, 3.05) is 13.1 Å². The average molecular weight is 235 g/mol. The topological polar surface area (TPSA) is 74.2 Å². The summed E-state index contributed by atoms with van der Waals surface area (Å²) in [6, 6.07) is 4.92. The number of carbonyl (C=O) groups excluding carboxylic acids is 1. The van der Waals surface area contributed by atoms with Crippen molar-refractivity contribution in [1.82, 2.24) is 15.6 Å². The van der Waals surface area contributed by atoms with Crippen molar-refractivity contribution < 1.29 is 9.90 Å². The molecular weight excluding hydrogens is 218 g/mol. The third-order valence-electron chi connectivity index (χ3n) is 3.04. The Hall–Kier alpha value is -1.46. The third kappa shape index (κ3) is 2.81. The van der Waals surface area contributed by atoms with E-state index in [0.717, 1.165) is 6.54 Å². The van der Waals surface area contributed by atoms with E-state index in [1.165, 1.54) is 0 Å². The highest BCUT2D eigenvalue weighted by molar-refractivity contribution is 5.92. The minimum atomic E-state index is -0.510. The summed E-state index contributed by atoms with van der Waals surface area (Å²) in [5.41, 5.74) is 0.373. The average Bonchev–Trinajstić information content (AvgIpc) is 2.36. The molecule has 1 saturated heterocycles. The van der Waals surface area contributed by atoms with E-state index < -0.39 is 6.10 Å². The van der Waals surface area contributed by atoms with Crippen LogP contribution in [0.25, 0.3) is 0 Å². The van der Waals surface area contributed by atoms with E-state index in [4.69, 9.17) is 0 Å². The number of pyridine rings is 1. The zero-order valence-corrected chi connectivity index (χ0v) is 9.76. The molecule has 5 nitrogen and oxygen atoms in total. The fraction of sp³-hybridized carbons (Fsp3) is 0.500. The summed E-state index contributed by atoms with van der Waals surface area (Å²) in [7, 11) is 0. The highest BCUT2D eigenvalue weighted by Gasteiger charge is 2.30. The predicted molar refractivity (Wildman–Crippen MR) is 63.5 cm³/mol. The molecule has 0 radical (unpaired) electrons. The second-order valence-electron chi connectivity index (χ2n) is 4.42. The van der Waals surface area contributed by atoms with Gasteiger partial charge in [0.1, 0.15) is 5.69 Å². The van der Waals surface area contributed by atoms with Gasteiger partial charge in [0.25, 0.3) is 5.91 Å². The van der Waals surface area contributed by atoms with Gasteiger partial charge in [-0.2, -0.15) is 0 Å². The minimum Gasteiger partial charge on any atom is -0.391 e. The van der Waals surface area contributed by atoms with Crippen molar-refractivity contribution in [2.45, 2.75) is 19.1 Å². The SMILES string of the molecule is CC1CNCC(NC(=O)c2ccccn2)C1O. The van der Waals surface area contributed by atoms with E-state index in [9.17, 15) is 9.90 Å². The van der Waals surface area contributed by atoms with E-state index >= 15 is 0 Å². The van der Waals surface area contributed by atoms with Crippen LogP contribution in [0, 0.1) is 5.92 Å². The first-order valence-electron chi connectivity index (χ1n) is 5.79. The molecule has 1 amide bonds. The predicted octanol–water partition coefficient (Wildman–Crippen LogP) is -0.220. The van der Waals surface area contributed by atoms with Gasteiger partial charge in [0, 0.05) is 19.3 Å². The maximum Gasteiger partial charge on any atom is 0.270 e. The molecule has 0 bridgehead atoms. The Balaban J connectivity index is 1.99. The Morgan fingerprint density at radius 3 is 3.06 bits per heavy atom. The van der Waals surface area contributed by atoms with Gasteiger partial charge in [0.2, 0.25) is 0 Å². The standard InChI is InChI=1S/C12H17N3O2/c1-8-6-13-7-10(11(8)16)15-12(17)9-4-2-3-5-14-9/h2-5,8,10-11,13,16H,6-7H2,1H3,(H,15,17). The maximum atomic E-state index is 11.9. The lowest BCUT2D eigenvalue weighted by atomic mass is 9.94. The summed E-state index contributed by atoms with van der Waals surface area (Å²) in [5.74, 6) is -0.108. The molecule has 92 valence electrons. The number of hydrogen-bond donors (Lipinski definition) is 3. The van der Waals surface area contributed by atoms with Gasteiger partial charge in [0.15, 0.2) is 0 Å². The normalized spacial score (nSPS) is 28.7. The van der Waals surface area contributed by atoms with Crippen LogP contribution in [0.2, 0.25) is 0 Å². The van der Waals surface area contributed by atoms with Crippen molar-refractivity contribution in [1.29, 1.82) is 0 Å². The van der Waals surface area contributed by atoms with E-state index in [0.29, 0.717) is 12.2 Å². The Kier molecular flexibility index (Phi) is 3.71. The molecule has 2 rings (SSSR count). The Labute approximate surface area is 100 Å². The molecule has 5 heteroatoms. The van der Waals surface area contributed by atoms with Crippen LogP contribution in [0.3, 0.4) is 0 Å². The van der Waals surface area contributed by atoms with Gasteiger partial charge in [-0.1, -0.05) is 13.0 Å². The van der Waals surface area contributed by atoms with Gasteiger partial charge in [0.05, 0.1) is 12.1 Å². The van der Waals surface area contributed by atoms with Crippen LogP contribution in [0.5, 0.6) is 0 Å². The fourth-order valence-corrected chi connectivity index (χ4v) is 1.98. The number of rotatable bonds is 2. The number of nitrogens with zero attached hydrogens (tertiary/aromatic N) is 1. The first-order valence-corrected chi connectivity index (χ1v) is 5.79. The lowest BCUT2D eigenvalue weighted by Crippen LogP contribution is -2.57. The number of hydrogen-bond acceptors (Lipinski definition) is 4. The van der Waals surface area contributed by atoms with Gasteiger partial charge in [-0.25, -0.2) is 0 Å². The first-order chi connectivity index (χ1) is 8.18. The molecular formula is C12H17N3O2. The molecule has 0 spiro atoms. The van der Waals surface area contributed by atoms with Crippen LogP contribution in [0.15, 0.2) is 24.4 Å². The molecule has 2 heterocycles. The van der Waals surface area contributed by atoms with E-state index in [2.05, 4.69) is 15.6 Å². The largest absolute Gasteiger partial charge is 0.391 e. The summed E-state index contributed by atoms with van der Waals surface area (Å²) in [6.07, 6.45) is 1.07. The van der Waals surface area contributed by atoms with Crippen LogP contribution in [-0.4, -0.2) is 41.2 Å². The zero-order chi connectivity index (χ0) is 12.3. The number of carbonyl (C=O) groups is 1. The van der Waals surface area contributed by atoms with Crippen LogP contribution in [0.1, 0.15) is 17.4 Å². The second kappa shape index (κ2) is 5.25. The molecule has 0 aromatic carbocycles. The molecule has 17 heavy (non-hydrogen) atoms. The summed E-state index contributed by atoms with van der Waals surface area (Å²) in [6.45, 7) is 3.32. The van der Waals surface area contributed by atoms with Gasteiger partial charge in [-0.3, -0.25) is 9.78 Å². The van der Waals surface area contributed by atoms with Crippen LogP contribution in [0.4, 0.5) is 0 Å². The lowest BCUT2D eigenvalue weighted by molar-refractivity contribution is 0.0495. The number of nitrogens with one attached hydrogen (secondary N) is 2. The van der Waals surface area contributed by atoms with Gasteiger partial charge >= 0.3 is 0 Å². The smallest absolute Gasteiger partial charge is 0.270 e. The minimum absolute atomic E-state index is 0.137. The van der Waals surface area contributed by atoms with Crippen LogP contribution < -0.4 is 10.6 Å².